The van der Waals surface area contributed by atoms with E-state index in [1.54, 1.807) is 23.7 Å². The Morgan fingerprint density at radius 3 is 2.78 bits per heavy atom. The summed E-state index contributed by atoms with van der Waals surface area (Å²) in [6.07, 6.45) is 2.92. The van der Waals surface area contributed by atoms with Crippen molar-refractivity contribution < 1.29 is 18.8 Å². The van der Waals surface area contributed by atoms with Gasteiger partial charge >= 0.3 is 0 Å². The van der Waals surface area contributed by atoms with Crippen molar-refractivity contribution >= 4 is 51.9 Å². The van der Waals surface area contributed by atoms with E-state index in [1.165, 1.54) is 29.4 Å². The van der Waals surface area contributed by atoms with E-state index in [4.69, 9.17) is 17.3 Å². The number of carbonyl (C=O) groups excluding carboxylic acids is 3. The summed E-state index contributed by atoms with van der Waals surface area (Å²) in [6, 6.07) is 2.55. The second kappa shape index (κ2) is 9.90. The minimum Gasteiger partial charge on any atom is -0.383 e. The number of hydrogen-bond donors (Lipinski definition) is 2. The highest BCUT2D eigenvalue weighted by atomic mass is 35.5. The fraction of sp³-hybridized carbons (Fsp3) is 0.304. The Morgan fingerprint density at radius 1 is 1.33 bits per heavy atom. The van der Waals surface area contributed by atoms with Gasteiger partial charge in [-0.2, -0.15) is 5.10 Å². The van der Waals surface area contributed by atoms with Crippen LogP contribution in [-0.4, -0.2) is 74.5 Å². The maximum Gasteiger partial charge on any atom is 0.277 e. The van der Waals surface area contributed by atoms with Crippen molar-refractivity contribution in [3.05, 3.63) is 53.2 Å². The van der Waals surface area contributed by atoms with E-state index in [9.17, 15) is 18.8 Å². The number of hydrogen-bond acceptors (Lipinski definition) is 7. The fourth-order valence-electron chi connectivity index (χ4n) is 4.00. The predicted octanol–water partition coefficient (Wildman–Crippen LogP) is 2.04. The molecule has 1 saturated heterocycles. The molecule has 1 atom stereocenters. The molecule has 1 unspecified atom stereocenters. The number of likely N-dealkylation sites (N-methyl/N-ethyl adjacent to an activating group) is 1. The molecule has 0 radical (unpaired) electrons. The summed E-state index contributed by atoms with van der Waals surface area (Å²) in [7, 11) is 3.13. The number of nitrogens with one attached hydrogen (secondary N) is 1. The van der Waals surface area contributed by atoms with E-state index in [0.29, 0.717) is 25.2 Å². The number of nitrogen functional groups attached to an aromatic ring is 1. The molecule has 0 aliphatic carbocycles. The van der Waals surface area contributed by atoms with Gasteiger partial charge in [0.2, 0.25) is 11.8 Å². The summed E-state index contributed by atoms with van der Waals surface area (Å²) in [5, 5.41) is 6.90. The number of anilines is 2. The van der Waals surface area contributed by atoms with Gasteiger partial charge in [-0.1, -0.05) is 24.2 Å². The van der Waals surface area contributed by atoms with E-state index < -0.39 is 11.7 Å². The zero-order valence-electron chi connectivity index (χ0n) is 19.7. The third-order valence-corrected chi connectivity index (χ3v) is 6.35. The van der Waals surface area contributed by atoms with Crippen LogP contribution >= 0.6 is 11.6 Å². The Hall–Kier alpha value is -4.06. The standard InChI is InChI=1S/C23H24ClFN8O3/c1-4-15(34)32-8-7-13(10-32)33-22-17(21(26)27-11-28-22)20(30-33)23(36)29-14-6-5-12(19(25)18(14)24)9-16(35)31(2)3/h4-6,11,13H,1,7-10H2,2-3H3,(H,29,36)(H2,26,27,28). The Balaban J connectivity index is 1.65. The molecule has 2 aromatic heterocycles. The molecular weight excluding hydrogens is 491 g/mol. The molecule has 3 heterocycles. The van der Waals surface area contributed by atoms with Crippen LogP contribution in [0.15, 0.2) is 31.1 Å². The molecule has 3 aromatic rings. The Morgan fingerprint density at radius 2 is 2.08 bits per heavy atom. The second-order valence-corrected chi connectivity index (χ2v) is 8.88. The molecule has 0 spiro atoms. The molecule has 0 saturated carbocycles. The lowest BCUT2D eigenvalue weighted by molar-refractivity contribution is -0.128. The van der Waals surface area contributed by atoms with E-state index >= 15 is 0 Å². The number of nitrogens with two attached hydrogens (primary N) is 1. The van der Waals surface area contributed by atoms with Crippen LogP contribution in [0.3, 0.4) is 0 Å². The first kappa shape index (κ1) is 25.0. The van der Waals surface area contributed by atoms with Gasteiger partial charge in [-0.3, -0.25) is 14.4 Å². The van der Waals surface area contributed by atoms with Crippen LogP contribution in [-0.2, 0) is 16.0 Å². The molecule has 0 bridgehead atoms. The number of aromatic nitrogens is 4. The first-order valence-corrected chi connectivity index (χ1v) is 11.4. The molecule has 4 rings (SSSR count). The lowest BCUT2D eigenvalue weighted by Gasteiger charge is -2.14. The fourth-order valence-corrected chi connectivity index (χ4v) is 4.24. The first-order valence-electron chi connectivity index (χ1n) is 11.0. The number of fused-ring (bicyclic) bond motifs is 1. The van der Waals surface area contributed by atoms with Gasteiger partial charge in [0.1, 0.15) is 23.0 Å². The van der Waals surface area contributed by atoms with Gasteiger partial charge in [0.05, 0.1) is 23.5 Å². The number of nitrogens with zero attached hydrogens (tertiary/aromatic N) is 6. The third-order valence-electron chi connectivity index (χ3n) is 5.98. The van der Waals surface area contributed by atoms with Gasteiger partial charge in [-0.15, -0.1) is 0 Å². The molecule has 13 heteroatoms. The van der Waals surface area contributed by atoms with Crippen LogP contribution in [0.4, 0.5) is 15.9 Å². The van der Waals surface area contributed by atoms with E-state index in [-0.39, 0.29) is 57.4 Å². The first-order chi connectivity index (χ1) is 17.1. The summed E-state index contributed by atoms with van der Waals surface area (Å²) in [5.41, 5.74) is 6.42. The molecule has 11 nitrogen and oxygen atoms in total. The maximum absolute atomic E-state index is 14.8. The number of benzene rings is 1. The summed E-state index contributed by atoms with van der Waals surface area (Å²) in [6.45, 7) is 4.37. The highest BCUT2D eigenvalue weighted by molar-refractivity contribution is 6.34. The van der Waals surface area contributed by atoms with Crippen LogP contribution in [0.25, 0.3) is 11.0 Å². The van der Waals surface area contributed by atoms with Gasteiger partial charge in [-0.05, 0) is 24.1 Å². The van der Waals surface area contributed by atoms with Crippen LogP contribution in [0, 0.1) is 5.82 Å². The summed E-state index contributed by atoms with van der Waals surface area (Å²) < 4.78 is 16.4. The molecule has 1 aromatic carbocycles. The lowest BCUT2D eigenvalue weighted by Crippen LogP contribution is -2.27. The van der Waals surface area contributed by atoms with Gasteiger partial charge in [0.15, 0.2) is 11.3 Å². The summed E-state index contributed by atoms with van der Waals surface area (Å²) >= 11 is 6.18. The summed E-state index contributed by atoms with van der Waals surface area (Å²) in [5.74, 6) is -1.96. The SMILES string of the molecule is C=CC(=O)N1CCC(n2nc(C(=O)Nc3ccc(CC(=O)N(C)C)c(F)c3Cl)c3c(N)ncnc32)C1. The molecule has 188 valence electrons. The molecule has 1 aliphatic rings. The normalized spacial score (nSPS) is 15.2. The van der Waals surface area contributed by atoms with Crippen molar-refractivity contribution in [3.63, 3.8) is 0 Å². The van der Waals surface area contributed by atoms with Gasteiger partial charge in [0.25, 0.3) is 5.91 Å². The van der Waals surface area contributed by atoms with Gasteiger partial charge in [0, 0.05) is 27.2 Å². The Bertz CT molecular complexity index is 1390. The van der Waals surface area contributed by atoms with Crippen molar-refractivity contribution in [1.29, 1.82) is 0 Å². The van der Waals surface area contributed by atoms with Crippen LogP contribution in [0.1, 0.15) is 28.5 Å². The van der Waals surface area contributed by atoms with Crippen molar-refractivity contribution in [3.8, 4) is 0 Å². The maximum atomic E-state index is 14.8. The van der Waals surface area contributed by atoms with Gasteiger partial charge in [-0.25, -0.2) is 19.0 Å². The zero-order chi connectivity index (χ0) is 26.1. The zero-order valence-corrected chi connectivity index (χ0v) is 20.4. The van der Waals surface area contributed by atoms with Crippen LogP contribution in [0.2, 0.25) is 5.02 Å². The van der Waals surface area contributed by atoms with Crippen molar-refractivity contribution in [2.24, 2.45) is 0 Å². The number of carbonyl (C=O) groups is 3. The molecule has 3 N–H and O–H groups in total. The number of amides is 3. The Labute approximate surface area is 210 Å². The topological polar surface area (TPSA) is 139 Å². The molecule has 3 amide bonds. The average Bonchev–Trinajstić information content (AvgIpc) is 3.49. The van der Waals surface area contributed by atoms with E-state index in [0.717, 1.165) is 0 Å². The third kappa shape index (κ3) is 4.59. The lowest BCUT2D eigenvalue weighted by atomic mass is 10.1. The number of likely N-dealkylation sites (tertiary alicyclic amines) is 1. The van der Waals surface area contributed by atoms with Crippen LogP contribution in [0.5, 0.6) is 0 Å². The smallest absolute Gasteiger partial charge is 0.277 e. The predicted molar refractivity (Wildman–Crippen MR) is 132 cm³/mol. The quantitative estimate of drug-likeness (QED) is 0.480. The minimum absolute atomic E-state index is 0.00182. The molecular formula is C23H24ClFN8O3. The average molecular weight is 515 g/mol. The molecule has 36 heavy (non-hydrogen) atoms. The van der Waals surface area contributed by atoms with Crippen LogP contribution < -0.4 is 11.1 Å². The largest absolute Gasteiger partial charge is 0.383 e. The molecule has 1 fully saturated rings. The van der Waals surface area contributed by atoms with Crippen molar-refractivity contribution in [2.75, 3.05) is 38.2 Å². The van der Waals surface area contributed by atoms with E-state index in [2.05, 4.69) is 27.0 Å². The monoisotopic (exact) mass is 514 g/mol. The highest BCUT2D eigenvalue weighted by Gasteiger charge is 2.31. The highest BCUT2D eigenvalue weighted by Crippen LogP contribution is 2.31. The minimum atomic E-state index is -0.805. The van der Waals surface area contributed by atoms with Crippen molar-refractivity contribution in [2.45, 2.75) is 18.9 Å². The molecule has 1 aliphatic heterocycles. The van der Waals surface area contributed by atoms with Crippen molar-refractivity contribution in [1.82, 2.24) is 29.5 Å². The number of rotatable bonds is 6. The second-order valence-electron chi connectivity index (χ2n) is 8.50. The summed E-state index contributed by atoms with van der Waals surface area (Å²) in [4.78, 5) is 48.4. The van der Waals surface area contributed by atoms with Gasteiger partial charge < -0.3 is 20.9 Å². The van der Waals surface area contributed by atoms with E-state index in [1.807, 2.05) is 0 Å². The Kier molecular flexibility index (Phi) is 6.88. The number of halogens is 2.